The summed E-state index contributed by atoms with van der Waals surface area (Å²) in [5.41, 5.74) is 9.91. The smallest absolute Gasteiger partial charge is 0.308 e. The van der Waals surface area contributed by atoms with Crippen molar-refractivity contribution in [2.75, 3.05) is 19.7 Å². The fourth-order valence-electron chi connectivity index (χ4n) is 4.79. The fraction of sp³-hybridized carbons (Fsp3) is 0.419. The second-order valence-corrected chi connectivity index (χ2v) is 10.2. The fourth-order valence-corrected chi connectivity index (χ4v) is 4.79. The first kappa shape index (κ1) is 28.2. The Morgan fingerprint density at radius 3 is 2.28 bits per heavy atom. The molecule has 2 aromatic carbocycles. The van der Waals surface area contributed by atoms with Gasteiger partial charge in [-0.3, -0.25) is 9.59 Å². The molecule has 0 radical (unpaired) electrons. The summed E-state index contributed by atoms with van der Waals surface area (Å²) < 4.78 is 5.86. The molecule has 1 aliphatic heterocycles. The van der Waals surface area contributed by atoms with Crippen molar-refractivity contribution >= 4 is 11.9 Å². The Balaban J connectivity index is 1.28. The highest BCUT2D eigenvalue weighted by atomic mass is 16.5. The van der Waals surface area contributed by atoms with Gasteiger partial charge in [0.1, 0.15) is 5.75 Å². The number of carboxylic acids is 1. The monoisotopic (exact) mass is 530 g/mol. The van der Waals surface area contributed by atoms with Crippen LogP contribution in [0.15, 0.2) is 60.9 Å². The number of ether oxygens (including phenoxy) is 1. The zero-order valence-corrected chi connectivity index (χ0v) is 22.6. The largest absolute Gasteiger partial charge is 0.494 e. The number of aromatic nitrogens is 2. The van der Waals surface area contributed by atoms with Gasteiger partial charge < -0.3 is 20.5 Å². The van der Waals surface area contributed by atoms with Crippen LogP contribution in [-0.2, 0) is 16.0 Å². The Bertz CT molecular complexity index is 1210. The quantitative estimate of drug-likeness (QED) is 0.300. The Labute approximate surface area is 230 Å². The van der Waals surface area contributed by atoms with Gasteiger partial charge in [-0.2, -0.15) is 0 Å². The molecule has 4 rings (SSSR count). The van der Waals surface area contributed by atoms with E-state index in [0.717, 1.165) is 41.0 Å². The van der Waals surface area contributed by atoms with Gasteiger partial charge in [0.15, 0.2) is 5.82 Å². The van der Waals surface area contributed by atoms with E-state index in [1.807, 2.05) is 60.9 Å². The molecule has 206 valence electrons. The topological polar surface area (TPSA) is 119 Å². The summed E-state index contributed by atoms with van der Waals surface area (Å²) in [6.45, 7) is 3.63. The third-order valence-corrected chi connectivity index (χ3v) is 7.19. The zero-order chi connectivity index (χ0) is 27.6. The predicted molar refractivity (Wildman–Crippen MR) is 151 cm³/mol. The number of rotatable bonds is 13. The van der Waals surface area contributed by atoms with E-state index in [1.165, 1.54) is 25.7 Å². The van der Waals surface area contributed by atoms with E-state index in [-0.39, 0.29) is 12.5 Å². The number of carbonyl (C=O) groups excluding carboxylic acids is 1. The van der Waals surface area contributed by atoms with Crippen LogP contribution in [0.3, 0.4) is 0 Å². The Morgan fingerprint density at radius 2 is 1.64 bits per heavy atom. The van der Waals surface area contributed by atoms with E-state index < -0.39 is 17.9 Å². The standard InChI is InChI=1S/C31H38N4O4/c1-2-3-4-5-6-17-39-27-13-11-23(12-14-27)26-19-33-29(34-20-26)24-9-7-22(8-10-24)18-28(32)30(36)35-16-15-25(21-35)31(37)38/h7-14,19-20,25,28H,2-6,15-18,21,32H2,1H3,(H,37,38)/t25-,28?/m0/s1. The van der Waals surface area contributed by atoms with Crippen LogP contribution in [0.5, 0.6) is 5.75 Å². The summed E-state index contributed by atoms with van der Waals surface area (Å²) in [5, 5.41) is 9.16. The van der Waals surface area contributed by atoms with E-state index in [0.29, 0.717) is 25.2 Å². The summed E-state index contributed by atoms with van der Waals surface area (Å²) in [6.07, 6.45) is 10.6. The van der Waals surface area contributed by atoms with Crippen LogP contribution in [0.1, 0.15) is 51.0 Å². The average molecular weight is 531 g/mol. The van der Waals surface area contributed by atoms with Gasteiger partial charge in [-0.1, -0.05) is 69.0 Å². The molecule has 8 nitrogen and oxygen atoms in total. The van der Waals surface area contributed by atoms with E-state index >= 15 is 0 Å². The molecular formula is C31H38N4O4. The van der Waals surface area contributed by atoms with Crippen LogP contribution in [-0.4, -0.2) is 57.6 Å². The molecule has 2 atom stereocenters. The molecule has 39 heavy (non-hydrogen) atoms. The number of hydrogen-bond donors (Lipinski definition) is 2. The summed E-state index contributed by atoms with van der Waals surface area (Å²) in [7, 11) is 0. The van der Waals surface area contributed by atoms with Gasteiger partial charge >= 0.3 is 5.97 Å². The first-order valence-electron chi connectivity index (χ1n) is 13.9. The summed E-state index contributed by atoms with van der Waals surface area (Å²) in [5.74, 6) is -0.0847. The van der Waals surface area contributed by atoms with Crippen LogP contribution in [0, 0.1) is 5.92 Å². The van der Waals surface area contributed by atoms with Crippen molar-refractivity contribution in [1.29, 1.82) is 0 Å². The molecule has 1 aromatic heterocycles. The minimum atomic E-state index is -0.865. The number of nitrogens with two attached hydrogens (primary N) is 1. The molecule has 8 heteroatoms. The van der Waals surface area contributed by atoms with Crippen molar-refractivity contribution in [3.05, 3.63) is 66.5 Å². The van der Waals surface area contributed by atoms with Crippen LogP contribution < -0.4 is 10.5 Å². The molecule has 1 saturated heterocycles. The first-order valence-corrected chi connectivity index (χ1v) is 13.9. The first-order chi connectivity index (χ1) is 18.9. The lowest BCUT2D eigenvalue weighted by Crippen LogP contribution is -2.44. The van der Waals surface area contributed by atoms with Gasteiger partial charge in [0.2, 0.25) is 5.91 Å². The maximum Gasteiger partial charge on any atom is 0.308 e. The maximum atomic E-state index is 12.6. The summed E-state index contributed by atoms with van der Waals surface area (Å²) in [6, 6.07) is 15.0. The Morgan fingerprint density at radius 1 is 0.974 bits per heavy atom. The molecule has 2 heterocycles. The lowest BCUT2D eigenvalue weighted by Gasteiger charge is -2.20. The number of hydrogen-bond acceptors (Lipinski definition) is 6. The van der Waals surface area contributed by atoms with E-state index in [4.69, 9.17) is 15.6 Å². The number of unbranched alkanes of at least 4 members (excludes halogenated alkanes) is 4. The number of nitrogens with zero attached hydrogens (tertiary/aromatic N) is 3. The number of carbonyl (C=O) groups is 2. The van der Waals surface area contributed by atoms with Crippen molar-refractivity contribution in [2.45, 2.75) is 57.9 Å². The van der Waals surface area contributed by atoms with Crippen LogP contribution in [0.2, 0.25) is 0 Å². The molecule has 0 bridgehead atoms. The lowest BCUT2D eigenvalue weighted by atomic mass is 10.0. The van der Waals surface area contributed by atoms with Crippen LogP contribution >= 0.6 is 0 Å². The number of likely N-dealkylation sites (tertiary alicyclic amines) is 1. The van der Waals surface area contributed by atoms with Crippen LogP contribution in [0.25, 0.3) is 22.5 Å². The van der Waals surface area contributed by atoms with Crippen molar-refractivity contribution in [3.8, 4) is 28.3 Å². The molecule has 0 aliphatic carbocycles. The third kappa shape index (κ3) is 7.86. The lowest BCUT2D eigenvalue weighted by molar-refractivity contribution is -0.141. The van der Waals surface area contributed by atoms with Gasteiger partial charge in [-0.15, -0.1) is 0 Å². The van der Waals surface area contributed by atoms with Crippen LogP contribution in [0.4, 0.5) is 0 Å². The minimum Gasteiger partial charge on any atom is -0.494 e. The van der Waals surface area contributed by atoms with Gasteiger partial charge in [0, 0.05) is 36.6 Å². The van der Waals surface area contributed by atoms with E-state index in [2.05, 4.69) is 16.9 Å². The van der Waals surface area contributed by atoms with Gasteiger partial charge in [0.25, 0.3) is 0 Å². The zero-order valence-electron chi connectivity index (χ0n) is 22.6. The maximum absolute atomic E-state index is 12.6. The third-order valence-electron chi connectivity index (χ3n) is 7.19. The van der Waals surface area contributed by atoms with Crippen molar-refractivity contribution in [3.63, 3.8) is 0 Å². The van der Waals surface area contributed by atoms with Gasteiger partial charge in [-0.05, 0) is 42.5 Å². The number of carboxylic acid groups (broad SMARTS) is 1. The normalized spacial score (nSPS) is 15.7. The molecule has 0 saturated carbocycles. The number of aliphatic carboxylic acids is 1. The summed E-state index contributed by atoms with van der Waals surface area (Å²) >= 11 is 0. The summed E-state index contributed by atoms with van der Waals surface area (Å²) in [4.78, 5) is 34.5. The molecule has 3 N–H and O–H groups in total. The highest BCUT2D eigenvalue weighted by molar-refractivity contribution is 5.83. The SMILES string of the molecule is CCCCCCCOc1ccc(-c2cnc(-c3ccc(CC(N)C(=O)N4CC[C@H](C(=O)O)C4)cc3)nc2)cc1. The minimum absolute atomic E-state index is 0.205. The van der Waals surface area contributed by atoms with Crippen molar-refractivity contribution in [2.24, 2.45) is 11.7 Å². The molecular weight excluding hydrogens is 492 g/mol. The molecule has 0 spiro atoms. The predicted octanol–water partition coefficient (Wildman–Crippen LogP) is 4.96. The average Bonchev–Trinajstić information content (AvgIpc) is 3.46. The highest BCUT2D eigenvalue weighted by Gasteiger charge is 2.32. The molecule has 1 amide bonds. The molecule has 1 unspecified atom stereocenters. The molecule has 1 aliphatic rings. The second kappa shape index (κ2) is 13.8. The second-order valence-electron chi connectivity index (χ2n) is 10.2. The van der Waals surface area contributed by atoms with E-state index in [9.17, 15) is 9.59 Å². The van der Waals surface area contributed by atoms with Crippen molar-refractivity contribution in [1.82, 2.24) is 14.9 Å². The molecule has 1 fully saturated rings. The Hall–Kier alpha value is -3.78. The number of benzene rings is 2. The van der Waals surface area contributed by atoms with Gasteiger partial charge in [-0.25, -0.2) is 9.97 Å². The Kier molecular flexibility index (Phi) is 10.0. The van der Waals surface area contributed by atoms with E-state index in [1.54, 1.807) is 4.90 Å². The number of amides is 1. The highest BCUT2D eigenvalue weighted by Crippen LogP contribution is 2.24. The van der Waals surface area contributed by atoms with Crippen molar-refractivity contribution < 1.29 is 19.4 Å². The molecule has 3 aromatic rings. The van der Waals surface area contributed by atoms with Gasteiger partial charge in [0.05, 0.1) is 18.6 Å².